The number of hydrogen-bond donors (Lipinski definition) is 1. The fourth-order valence-electron chi connectivity index (χ4n) is 2.41. The van der Waals surface area contributed by atoms with Gasteiger partial charge in [0, 0.05) is 25.3 Å². The monoisotopic (exact) mass is 279 g/mol. The first kappa shape index (κ1) is 16.6. The van der Waals surface area contributed by atoms with E-state index in [1.54, 1.807) is 6.07 Å². The topological polar surface area (TPSA) is 51.3 Å². The molecule has 0 saturated heterocycles. The molecule has 0 bridgehead atoms. The van der Waals surface area contributed by atoms with Crippen LogP contribution in [0.2, 0.25) is 0 Å². The van der Waals surface area contributed by atoms with Crippen molar-refractivity contribution in [3.63, 3.8) is 0 Å². The molecule has 0 aromatic carbocycles. The van der Waals surface area contributed by atoms with Crippen LogP contribution in [0.15, 0.2) is 12.3 Å². The summed E-state index contributed by atoms with van der Waals surface area (Å²) in [5.41, 5.74) is 7.24. The maximum Gasteiger partial charge on any atom is 0.270 e. The molecule has 0 spiro atoms. The first-order valence-electron chi connectivity index (χ1n) is 7.77. The van der Waals surface area contributed by atoms with Gasteiger partial charge in [-0.25, -0.2) is 0 Å². The maximum atomic E-state index is 12.7. The standard InChI is InChI=1S/C16H29N3O/c1-5-7-8-10-19(13(3)4)16(20)15-11-14(17)12-18(15)9-6-2/h11-13H,5-10,17H2,1-4H3. The zero-order chi connectivity index (χ0) is 15.1. The Morgan fingerprint density at radius 2 is 2.00 bits per heavy atom. The van der Waals surface area contributed by atoms with Gasteiger partial charge in [-0.1, -0.05) is 26.7 Å². The minimum Gasteiger partial charge on any atom is -0.397 e. The second-order valence-corrected chi connectivity index (χ2v) is 5.65. The van der Waals surface area contributed by atoms with Crippen molar-refractivity contribution >= 4 is 11.6 Å². The van der Waals surface area contributed by atoms with Crippen LogP contribution in [-0.4, -0.2) is 28.0 Å². The summed E-state index contributed by atoms with van der Waals surface area (Å²) in [5, 5.41) is 0. The summed E-state index contributed by atoms with van der Waals surface area (Å²) in [6, 6.07) is 2.01. The minimum atomic E-state index is 0.0984. The quantitative estimate of drug-likeness (QED) is 0.740. The number of amides is 1. The van der Waals surface area contributed by atoms with Gasteiger partial charge in [0.05, 0.1) is 5.69 Å². The molecule has 4 nitrogen and oxygen atoms in total. The Hall–Kier alpha value is -1.45. The predicted molar refractivity (Wildman–Crippen MR) is 84.8 cm³/mol. The smallest absolute Gasteiger partial charge is 0.270 e. The van der Waals surface area contributed by atoms with E-state index in [1.807, 2.05) is 15.7 Å². The lowest BCUT2D eigenvalue weighted by atomic mass is 10.2. The molecule has 114 valence electrons. The summed E-state index contributed by atoms with van der Waals surface area (Å²) >= 11 is 0. The van der Waals surface area contributed by atoms with Crippen LogP contribution in [0.1, 0.15) is 63.9 Å². The van der Waals surface area contributed by atoms with E-state index in [9.17, 15) is 4.79 Å². The van der Waals surface area contributed by atoms with E-state index in [-0.39, 0.29) is 11.9 Å². The highest BCUT2D eigenvalue weighted by Crippen LogP contribution is 2.16. The number of hydrogen-bond acceptors (Lipinski definition) is 2. The van der Waals surface area contributed by atoms with E-state index in [0.29, 0.717) is 5.69 Å². The van der Waals surface area contributed by atoms with Gasteiger partial charge in [-0.15, -0.1) is 0 Å². The van der Waals surface area contributed by atoms with Gasteiger partial charge in [0.15, 0.2) is 0 Å². The van der Waals surface area contributed by atoms with E-state index >= 15 is 0 Å². The predicted octanol–water partition coefficient (Wildman–Crippen LogP) is 3.52. The van der Waals surface area contributed by atoms with Crippen molar-refractivity contribution in [3.8, 4) is 0 Å². The normalized spacial score (nSPS) is 11.1. The SMILES string of the molecule is CCCCCN(C(=O)c1cc(N)cn1CCC)C(C)C. The summed E-state index contributed by atoms with van der Waals surface area (Å²) in [6.45, 7) is 10.1. The van der Waals surface area contributed by atoms with Crippen LogP contribution in [0.3, 0.4) is 0 Å². The lowest BCUT2D eigenvalue weighted by molar-refractivity contribution is 0.0691. The molecule has 0 aliphatic carbocycles. The molecule has 1 aromatic heterocycles. The molecule has 0 radical (unpaired) electrons. The van der Waals surface area contributed by atoms with Gasteiger partial charge in [-0.2, -0.15) is 0 Å². The number of aryl methyl sites for hydroxylation is 1. The zero-order valence-electron chi connectivity index (χ0n) is 13.4. The lowest BCUT2D eigenvalue weighted by Crippen LogP contribution is -2.38. The lowest BCUT2D eigenvalue weighted by Gasteiger charge is -2.27. The minimum absolute atomic E-state index is 0.0984. The fourth-order valence-corrected chi connectivity index (χ4v) is 2.41. The molecule has 0 aliphatic heterocycles. The third-order valence-electron chi connectivity index (χ3n) is 3.49. The van der Waals surface area contributed by atoms with Crippen molar-refractivity contribution in [2.75, 3.05) is 12.3 Å². The number of aromatic nitrogens is 1. The molecule has 2 N–H and O–H groups in total. The molecule has 4 heteroatoms. The van der Waals surface area contributed by atoms with E-state index in [2.05, 4.69) is 27.7 Å². The van der Waals surface area contributed by atoms with Gasteiger partial charge in [-0.05, 0) is 32.8 Å². The number of unbranched alkanes of at least 4 members (excludes halogenated alkanes) is 2. The number of nitrogens with two attached hydrogens (primary N) is 1. The van der Waals surface area contributed by atoms with Crippen LogP contribution in [0.4, 0.5) is 5.69 Å². The molecule has 0 saturated carbocycles. The van der Waals surface area contributed by atoms with Crippen LogP contribution in [0, 0.1) is 0 Å². The van der Waals surface area contributed by atoms with Gasteiger partial charge >= 0.3 is 0 Å². The Morgan fingerprint density at radius 1 is 1.30 bits per heavy atom. The fraction of sp³-hybridized carbons (Fsp3) is 0.688. The van der Waals surface area contributed by atoms with E-state index < -0.39 is 0 Å². The number of rotatable bonds is 8. The van der Waals surface area contributed by atoms with Gasteiger partial charge in [0.25, 0.3) is 5.91 Å². The molecule has 1 aromatic rings. The third kappa shape index (κ3) is 4.29. The van der Waals surface area contributed by atoms with Crippen molar-refractivity contribution < 1.29 is 4.79 Å². The van der Waals surface area contributed by atoms with Gasteiger partial charge in [-0.3, -0.25) is 4.79 Å². The average Bonchev–Trinajstić information content (AvgIpc) is 2.75. The first-order valence-corrected chi connectivity index (χ1v) is 7.77. The van der Waals surface area contributed by atoms with Crippen LogP contribution < -0.4 is 5.73 Å². The largest absolute Gasteiger partial charge is 0.397 e. The highest BCUT2D eigenvalue weighted by Gasteiger charge is 2.21. The molecule has 0 fully saturated rings. The Labute approximate surface area is 122 Å². The molecule has 0 unspecified atom stereocenters. The molecule has 1 heterocycles. The van der Waals surface area contributed by atoms with Gasteiger partial charge < -0.3 is 15.2 Å². The molecular weight excluding hydrogens is 250 g/mol. The Balaban J connectivity index is 2.88. The van der Waals surface area contributed by atoms with Crippen molar-refractivity contribution in [1.82, 2.24) is 9.47 Å². The summed E-state index contributed by atoms with van der Waals surface area (Å²) < 4.78 is 1.98. The van der Waals surface area contributed by atoms with E-state index in [4.69, 9.17) is 5.73 Å². The van der Waals surface area contributed by atoms with Gasteiger partial charge in [0.2, 0.25) is 0 Å². The molecule has 1 amide bonds. The van der Waals surface area contributed by atoms with E-state index in [1.165, 1.54) is 6.42 Å². The Kier molecular flexibility index (Phi) is 6.62. The number of nitrogens with zero attached hydrogens (tertiary/aromatic N) is 2. The van der Waals surface area contributed by atoms with Gasteiger partial charge in [0.1, 0.15) is 5.69 Å². The summed E-state index contributed by atoms with van der Waals surface area (Å²) in [5.74, 6) is 0.0984. The highest BCUT2D eigenvalue weighted by molar-refractivity contribution is 5.94. The number of carbonyl (C=O) groups is 1. The first-order chi connectivity index (χ1) is 9.51. The molecule has 0 aliphatic rings. The molecule has 20 heavy (non-hydrogen) atoms. The average molecular weight is 279 g/mol. The second-order valence-electron chi connectivity index (χ2n) is 5.65. The van der Waals surface area contributed by atoms with Crippen molar-refractivity contribution in [3.05, 3.63) is 18.0 Å². The Morgan fingerprint density at radius 3 is 2.55 bits per heavy atom. The van der Waals surface area contributed by atoms with Crippen LogP contribution in [-0.2, 0) is 6.54 Å². The van der Waals surface area contributed by atoms with Crippen molar-refractivity contribution in [1.29, 1.82) is 0 Å². The summed E-state index contributed by atoms with van der Waals surface area (Å²) in [7, 11) is 0. The zero-order valence-corrected chi connectivity index (χ0v) is 13.4. The number of nitrogen functional groups attached to an aromatic ring is 1. The Bertz CT molecular complexity index is 423. The maximum absolute atomic E-state index is 12.7. The van der Waals surface area contributed by atoms with Crippen LogP contribution in [0.25, 0.3) is 0 Å². The third-order valence-corrected chi connectivity index (χ3v) is 3.49. The van der Waals surface area contributed by atoms with Crippen molar-refractivity contribution in [2.24, 2.45) is 0 Å². The van der Waals surface area contributed by atoms with E-state index in [0.717, 1.165) is 38.0 Å². The van der Waals surface area contributed by atoms with Crippen molar-refractivity contribution in [2.45, 2.75) is 66.0 Å². The highest BCUT2D eigenvalue weighted by atomic mass is 16.2. The van der Waals surface area contributed by atoms with Crippen LogP contribution in [0.5, 0.6) is 0 Å². The number of anilines is 1. The van der Waals surface area contributed by atoms with Crippen LogP contribution >= 0.6 is 0 Å². The molecular formula is C16H29N3O. The second kappa shape index (κ2) is 7.98. The summed E-state index contributed by atoms with van der Waals surface area (Å²) in [4.78, 5) is 14.7. The molecule has 1 rings (SSSR count). The molecule has 0 atom stereocenters. The number of carbonyl (C=O) groups excluding carboxylic acids is 1. The summed E-state index contributed by atoms with van der Waals surface area (Å²) in [6.07, 6.45) is 6.24.